The highest BCUT2D eigenvalue weighted by Gasteiger charge is 2.04. The third kappa shape index (κ3) is 4.12. The van der Waals surface area contributed by atoms with Gasteiger partial charge in [-0.2, -0.15) is 0 Å². The largest absolute Gasteiger partial charge is 0.506 e. The summed E-state index contributed by atoms with van der Waals surface area (Å²) in [6.45, 7) is 4.49. The molecular formula is C11H14BrClN2O. The van der Waals surface area contributed by atoms with Gasteiger partial charge in [-0.3, -0.25) is 4.99 Å². The average Bonchev–Trinajstić information content (AvgIpc) is 2.24. The first-order valence-electron chi connectivity index (χ1n) is 5.03. The van der Waals surface area contributed by atoms with E-state index in [1.165, 1.54) is 0 Å². The molecule has 0 aliphatic heterocycles. The van der Waals surface area contributed by atoms with E-state index in [0.717, 1.165) is 13.1 Å². The fraction of sp³-hybridized carbons (Fsp3) is 0.364. The van der Waals surface area contributed by atoms with Crippen LogP contribution in [0.2, 0.25) is 5.02 Å². The van der Waals surface area contributed by atoms with Crippen LogP contribution in [-0.4, -0.2) is 31.0 Å². The molecule has 0 heterocycles. The predicted octanol–water partition coefficient (Wildman–Crippen LogP) is 2.84. The Kier molecular flexibility index (Phi) is 5.80. The summed E-state index contributed by atoms with van der Waals surface area (Å²) < 4.78 is 0.577. The van der Waals surface area contributed by atoms with E-state index in [1.807, 2.05) is 6.92 Å². The molecule has 0 bridgehead atoms. The van der Waals surface area contributed by atoms with Gasteiger partial charge in [-0.25, -0.2) is 0 Å². The molecular weight excluding hydrogens is 291 g/mol. The summed E-state index contributed by atoms with van der Waals surface area (Å²) in [5.74, 6) is 0.164. The van der Waals surface area contributed by atoms with Crippen LogP contribution in [0, 0.1) is 0 Å². The zero-order valence-corrected chi connectivity index (χ0v) is 11.3. The molecule has 0 aromatic heterocycles. The Hall–Kier alpha value is -0.580. The molecule has 1 rings (SSSR count). The maximum atomic E-state index is 9.71. The fourth-order valence-corrected chi connectivity index (χ4v) is 2.00. The Morgan fingerprint density at radius 3 is 3.00 bits per heavy atom. The number of nitrogens with one attached hydrogen (secondary N) is 1. The van der Waals surface area contributed by atoms with Crippen LogP contribution in [0.4, 0.5) is 0 Å². The van der Waals surface area contributed by atoms with Gasteiger partial charge in [0.1, 0.15) is 5.75 Å². The minimum absolute atomic E-state index is 0.164. The zero-order chi connectivity index (χ0) is 12.0. The van der Waals surface area contributed by atoms with Gasteiger partial charge >= 0.3 is 0 Å². The fourth-order valence-electron chi connectivity index (χ4n) is 1.17. The summed E-state index contributed by atoms with van der Waals surface area (Å²) in [5, 5.41) is 13.4. The average molecular weight is 306 g/mol. The van der Waals surface area contributed by atoms with Crippen molar-refractivity contribution in [2.24, 2.45) is 4.99 Å². The molecule has 88 valence electrons. The first-order chi connectivity index (χ1) is 7.65. The molecule has 0 atom stereocenters. The second kappa shape index (κ2) is 6.89. The molecule has 0 amide bonds. The van der Waals surface area contributed by atoms with Crippen LogP contribution in [0.1, 0.15) is 12.5 Å². The summed E-state index contributed by atoms with van der Waals surface area (Å²) in [6.07, 6.45) is 1.63. The predicted molar refractivity (Wildman–Crippen MR) is 71.8 cm³/mol. The molecule has 0 aliphatic carbocycles. The molecule has 1 aromatic rings. The summed E-state index contributed by atoms with van der Waals surface area (Å²) >= 11 is 9.09. The lowest BCUT2D eigenvalue weighted by molar-refractivity contribution is 0.471. The molecule has 3 nitrogen and oxygen atoms in total. The molecule has 2 N–H and O–H groups in total. The van der Waals surface area contributed by atoms with Crippen LogP contribution >= 0.6 is 27.5 Å². The van der Waals surface area contributed by atoms with Crippen LogP contribution in [0.15, 0.2) is 21.6 Å². The number of aromatic hydroxyl groups is 1. The highest BCUT2D eigenvalue weighted by atomic mass is 79.9. The summed E-state index contributed by atoms with van der Waals surface area (Å²) in [5.41, 5.74) is 0.621. The SMILES string of the molecule is CCNCCN=Cc1cc(Cl)cc(Br)c1O. The van der Waals surface area contributed by atoms with Gasteiger partial charge in [0.15, 0.2) is 0 Å². The summed E-state index contributed by atoms with van der Waals surface area (Å²) in [4.78, 5) is 4.20. The molecule has 5 heteroatoms. The van der Waals surface area contributed by atoms with E-state index in [1.54, 1.807) is 18.3 Å². The van der Waals surface area contributed by atoms with Crippen molar-refractivity contribution in [3.63, 3.8) is 0 Å². The molecule has 0 radical (unpaired) electrons. The number of phenols is 1. The van der Waals surface area contributed by atoms with Crippen molar-refractivity contribution in [1.29, 1.82) is 0 Å². The van der Waals surface area contributed by atoms with Gasteiger partial charge in [-0.1, -0.05) is 18.5 Å². The number of hydrogen-bond donors (Lipinski definition) is 2. The van der Waals surface area contributed by atoms with E-state index in [9.17, 15) is 5.11 Å². The number of benzene rings is 1. The number of halogens is 2. The van der Waals surface area contributed by atoms with Crippen molar-refractivity contribution in [3.8, 4) is 5.75 Å². The van der Waals surface area contributed by atoms with E-state index in [2.05, 4.69) is 26.2 Å². The molecule has 0 saturated heterocycles. The highest BCUT2D eigenvalue weighted by Crippen LogP contribution is 2.30. The van der Waals surface area contributed by atoms with Crippen LogP contribution in [0.5, 0.6) is 5.75 Å². The number of phenolic OH excluding ortho intramolecular Hbond substituents is 1. The van der Waals surface area contributed by atoms with E-state index in [4.69, 9.17) is 11.6 Å². The normalized spacial score (nSPS) is 11.2. The van der Waals surface area contributed by atoms with E-state index in [-0.39, 0.29) is 5.75 Å². The lowest BCUT2D eigenvalue weighted by atomic mass is 10.2. The maximum absolute atomic E-state index is 9.71. The van der Waals surface area contributed by atoms with E-state index < -0.39 is 0 Å². The minimum Gasteiger partial charge on any atom is -0.506 e. The van der Waals surface area contributed by atoms with Crippen LogP contribution in [0.3, 0.4) is 0 Å². The number of nitrogens with zero attached hydrogens (tertiary/aromatic N) is 1. The third-order valence-corrected chi connectivity index (χ3v) is 2.78. The second-order valence-corrected chi connectivity index (χ2v) is 4.51. The van der Waals surface area contributed by atoms with Crippen molar-refractivity contribution < 1.29 is 5.11 Å². The van der Waals surface area contributed by atoms with Gasteiger partial charge in [0.25, 0.3) is 0 Å². The number of rotatable bonds is 5. The first-order valence-corrected chi connectivity index (χ1v) is 6.20. The Morgan fingerprint density at radius 2 is 2.31 bits per heavy atom. The molecule has 0 saturated carbocycles. The molecule has 1 aromatic carbocycles. The van der Waals surface area contributed by atoms with Crippen molar-refractivity contribution in [2.75, 3.05) is 19.6 Å². The van der Waals surface area contributed by atoms with Gasteiger partial charge < -0.3 is 10.4 Å². The summed E-state index contributed by atoms with van der Waals surface area (Å²) in [6, 6.07) is 3.32. The Balaban J connectivity index is 2.66. The first kappa shape index (κ1) is 13.5. The highest BCUT2D eigenvalue weighted by molar-refractivity contribution is 9.10. The zero-order valence-electron chi connectivity index (χ0n) is 9.00. The van der Waals surface area contributed by atoms with Gasteiger partial charge in [0, 0.05) is 23.3 Å². The van der Waals surface area contributed by atoms with Gasteiger partial charge in [-0.15, -0.1) is 0 Å². The lowest BCUT2D eigenvalue weighted by Gasteiger charge is -2.02. The van der Waals surface area contributed by atoms with Crippen LogP contribution in [-0.2, 0) is 0 Å². The minimum atomic E-state index is 0.164. The molecule has 0 fully saturated rings. The van der Waals surface area contributed by atoms with Crippen molar-refractivity contribution in [1.82, 2.24) is 5.32 Å². The van der Waals surface area contributed by atoms with Gasteiger partial charge in [-0.05, 0) is 34.6 Å². The third-order valence-electron chi connectivity index (χ3n) is 1.96. The number of aliphatic imine (C=N–C) groups is 1. The Morgan fingerprint density at radius 1 is 1.56 bits per heavy atom. The van der Waals surface area contributed by atoms with Gasteiger partial charge in [0.2, 0.25) is 0 Å². The van der Waals surface area contributed by atoms with Crippen molar-refractivity contribution >= 4 is 33.7 Å². The quantitative estimate of drug-likeness (QED) is 0.649. The van der Waals surface area contributed by atoms with Crippen LogP contribution < -0.4 is 5.32 Å². The van der Waals surface area contributed by atoms with Gasteiger partial charge in [0.05, 0.1) is 11.0 Å². The summed E-state index contributed by atoms with van der Waals surface area (Å²) in [7, 11) is 0. The molecule has 0 unspecified atom stereocenters. The van der Waals surface area contributed by atoms with E-state index >= 15 is 0 Å². The van der Waals surface area contributed by atoms with E-state index in [0.29, 0.717) is 21.6 Å². The van der Waals surface area contributed by atoms with Crippen molar-refractivity contribution in [3.05, 3.63) is 27.2 Å². The van der Waals surface area contributed by atoms with Crippen LogP contribution in [0.25, 0.3) is 0 Å². The smallest absolute Gasteiger partial charge is 0.138 e. The lowest BCUT2D eigenvalue weighted by Crippen LogP contribution is -2.16. The standard InChI is InChI=1S/C11H14BrClN2O/c1-2-14-3-4-15-7-8-5-9(13)6-10(12)11(8)16/h5-7,14,16H,2-4H2,1H3. The molecule has 0 aliphatic rings. The van der Waals surface area contributed by atoms with Crippen molar-refractivity contribution in [2.45, 2.75) is 6.92 Å². The number of hydrogen-bond acceptors (Lipinski definition) is 3. The Labute approximate surface area is 109 Å². The second-order valence-electron chi connectivity index (χ2n) is 3.21. The molecule has 16 heavy (non-hydrogen) atoms. The topological polar surface area (TPSA) is 44.6 Å². The molecule has 0 spiro atoms. The monoisotopic (exact) mass is 304 g/mol. The Bertz CT molecular complexity index is 382. The maximum Gasteiger partial charge on any atom is 0.138 e. The number of likely N-dealkylation sites (N-methyl/N-ethyl adjacent to an activating group) is 1.